The number of nitrogens with zero attached hydrogens (tertiary/aromatic N) is 2. The number of piperidine rings is 1. The molecule has 1 atom stereocenters. The summed E-state index contributed by atoms with van der Waals surface area (Å²) >= 11 is 0. The molecule has 114 valence electrons. The summed E-state index contributed by atoms with van der Waals surface area (Å²) in [7, 11) is 0. The molecule has 0 unspecified atom stereocenters. The van der Waals surface area contributed by atoms with Crippen LogP contribution in [0.4, 0.5) is 0 Å². The lowest BCUT2D eigenvalue weighted by molar-refractivity contribution is -0.132. The van der Waals surface area contributed by atoms with Crippen LogP contribution in [0, 0.1) is 0 Å². The second kappa shape index (κ2) is 6.57. The van der Waals surface area contributed by atoms with Gasteiger partial charge in [0.05, 0.1) is 6.04 Å². The summed E-state index contributed by atoms with van der Waals surface area (Å²) in [4.78, 5) is 28.1. The second-order valence-electron chi connectivity index (χ2n) is 6.30. The molecule has 0 saturated carbocycles. The summed E-state index contributed by atoms with van der Waals surface area (Å²) in [5.41, 5.74) is 0. The number of rotatable bonds is 4. The highest BCUT2D eigenvalue weighted by Crippen LogP contribution is 2.23. The van der Waals surface area contributed by atoms with Gasteiger partial charge < -0.3 is 10.2 Å². The first-order chi connectivity index (χ1) is 9.49. The van der Waals surface area contributed by atoms with Crippen molar-refractivity contribution in [1.82, 2.24) is 15.1 Å². The Balaban J connectivity index is 1.81. The standard InChI is InChI=1S/C15H27N3O2/c1-11(2)16-15(20)12(3)17-9-6-13(7-10-17)18-8-4-5-14(18)19/h11-13H,4-10H2,1-3H3,(H,16,20)/t12-/m1/s1. The normalized spacial score (nSPS) is 23.4. The van der Waals surface area contributed by atoms with Crippen LogP contribution in [0.25, 0.3) is 0 Å². The maximum absolute atomic E-state index is 12.0. The fourth-order valence-electron chi connectivity index (χ4n) is 3.21. The molecule has 5 heteroatoms. The zero-order valence-corrected chi connectivity index (χ0v) is 12.9. The SMILES string of the molecule is CC(C)NC(=O)[C@@H](C)N1CCC(N2CCCC2=O)CC1. The first-order valence-electron chi connectivity index (χ1n) is 7.83. The highest BCUT2D eigenvalue weighted by atomic mass is 16.2. The van der Waals surface area contributed by atoms with Crippen LogP contribution in [0.15, 0.2) is 0 Å². The molecule has 2 heterocycles. The zero-order chi connectivity index (χ0) is 14.7. The van der Waals surface area contributed by atoms with Gasteiger partial charge in [-0.1, -0.05) is 0 Å². The number of carbonyl (C=O) groups excluding carboxylic acids is 2. The monoisotopic (exact) mass is 281 g/mol. The molecule has 2 rings (SSSR count). The van der Waals surface area contributed by atoms with Crippen LogP contribution in [-0.2, 0) is 9.59 Å². The molecule has 2 saturated heterocycles. The summed E-state index contributed by atoms with van der Waals surface area (Å²) in [6, 6.07) is 0.499. The summed E-state index contributed by atoms with van der Waals surface area (Å²) in [5.74, 6) is 0.421. The van der Waals surface area contributed by atoms with Crippen molar-refractivity contribution in [3.05, 3.63) is 0 Å². The molecular formula is C15H27N3O2. The Bertz CT molecular complexity index is 362. The van der Waals surface area contributed by atoms with Gasteiger partial charge in [0.15, 0.2) is 0 Å². The van der Waals surface area contributed by atoms with Crippen molar-refractivity contribution < 1.29 is 9.59 Å². The number of hydrogen-bond acceptors (Lipinski definition) is 3. The molecule has 0 aromatic carbocycles. The lowest BCUT2D eigenvalue weighted by atomic mass is 10.0. The van der Waals surface area contributed by atoms with Gasteiger partial charge >= 0.3 is 0 Å². The van der Waals surface area contributed by atoms with Crippen molar-refractivity contribution in [3.63, 3.8) is 0 Å². The molecule has 2 aliphatic rings. The first-order valence-corrected chi connectivity index (χ1v) is 7.83. The first kappa shape index (κ1) is 15.3. The highest BCUT2D eigenvalue weighted by Gasteiger charge is 2.33. The minimum absolute atomic E-state index is 0.0763. The van der Waals surface area contributed by atoms with E-state index in [-0.39, 0.29) is 18.0 Å². The van der Waals surface area contributed by atoms with Gasteiger partial charge in [0.2, 0.25) is 11.8 Å². The van der Waals surface area contributed by atoms with Gasteiger partial charge in [-0.2, -0.15) is 0 Å². The van der Waals surface area contributed by atoms with Gasteiger partial charge in [0.1, 0.15) is 0 Å². The third-order valence-corrected chi connectivity index (χ3v) is 4.41. The minimum Gasteiger partial charge on any atom is -0.353 e. The van der Waals surface area contributed by atoms with Crippen molar-refractivity contribution in [2.45, 2.75) is 64.6 Å². The smallest absolute Gasteiger partial charge is 0.237 e. The van der Waals surface area contributed by atoms with Crippen LogP contribution in [0.1, 0.15) is 46.5 Å². The lowest BCUT2D eigenvalue weighted by Gasteiger charge is -2.39. The average Bonchev–Trinajstić information content (AvgIpc) is 2.83. The van der Waals surface area contributed by atoms with E-state index in [9.17, 15) is 9.59 Å². The number of hydrogen-bond donors (Lipinski definition) is 1. The molecule has 0 spiro atoms. The Hall–Kier alpha value is -1.10. The topological polar surface area (TPSA) is 52.7 Å². The summed E-state index contributed by atoms with van der Waals surface area (Å²) in [5, 5.41) is 2.97. The van der Waals surface area contributed by atoms with Gasteiger partial charge in [-0.25, -0.2) is 0 Å². The maximum Gasteiger partial charge on any atom is 0.237 e. The number of carbonyl (C=O) groups is 2. The van der Waals surface area contributed by atoms with Gasteiger partial charge in [0.25, 0.3) is 0 Å². The molecule has 2 amide bonds. The molecule has 5 nitrogen and oxygen atoms in total. The van der Waals surface area contributed by atoms with E-state index >= 15 is 0 Å². The molecule has 2 aliphatic heterocycles. The summed E-state index contributed by atoms with van der Waals surface area (Å²) < 4.78 is 0. The van der Waals surface area contributed by atoms with Crippen molar-refractivity contribution in [3.8, 4) is 0 Å². The molecular weight excluding hydrogens is 254 g/mol. The van der Waals surface area contributed by atoms with E-state index in [2.05, 4.69) is 15.1 Å². The van der Waals surface area contributed by atoms with Crippen LogP contribution in [0.2, 0.25) is 0 Å². The van der Waals surface area contributed by atoms with E-state index < -0.39 is 0 Å². The van der Waals surface area contributed by atoms with Crippen LogP contribution in [-0.4, -0.2) is 59.4 Å². The van der Waals surface area contributed by atoms with Crippen molar-refractivity contribution in [2.75, 3.05) is 19.6 Å². The fraction of sp³-hybridized carbons (Fsp3) is 0.867. The minimum atomic E-state index is -0.0763. The fourth-order valence-corrected chi connectivity index (χ4v) is 3.21. The van der Waals surface area contributed by atoms with E-state index in [0.717, 1.165) is 38.9 Å². The molecule has 1 N–H and O–H groups in total. The van der Waals surface area contributed by atoms with Gasteiger partial charge in [-0.15, -0.1) is 0 Å². The van der Waals surface area contributed by atoms with Crippen molar-refractivity contribution in [1.29, 1.82) is 0 Å². The lowest BCUT2D eigenvalue weighted by Crippen LogP contribution is -2.52. The Kier molecular flexibility index (Phi) is 5.02. The summed E-state index contributed by atoms with van der Waals surface area (Å²) in [6.07, 6.45) is 3.70. The summed E-state index contributed by atoms with van der Waals surface area (Å²) in [6.45, 7) is 8.67. The number of likely N-dealkylation sites (tertiary alicyclic amines) is 2. The van der Waals surface area contributed by atoms with Gasteiger partial charge in [-0.3, -0.25) is 14.5 Å². The molecule has 0 bridgehead atoms. The third-order valence-electron chi connectivity index (χ3n) is 4.41. The molecule has 20 heavy (non-hydrogen) atoms. The zero-order valence-electron chi connectivity index (χ0n) is 12.9. The van der Waals surface area contributed by atoms with Crippen LogP contribution in [0.3, 0.4) is 0 Å². The predicted molar refractivity (Wildman–Crippen MR) is 78.3 cm³/mol. The van der Waals surface area contributed by atoms with Crippen LogP contribution < -0.4 is 5.32 Å². The Morgan fingerprint density at radius 1 is 1.20 bits per heavy atom. The van der Waals surface area contributed by atoms with E-state index in [1.54, 1.807) is 0 Å². The third kappa shape index (κ3) is 3.51. The number of amides is 2. The second-order valence-corrected chi connectivity index (χ2v) is 6.30. The quantitative estimate of drug-likeness (QED) is 0.836. The average molecular weight is 281 g/mol. The van der Waals surface area contributed by atoms with E-state index in [0.29, 0.717) is 18.4 Å². The van der Waals surface area contributed by atoms with Crippen LogP contribution >= 0.6 is 0 Å². The van der Waals surface area contributed by atoms with E-state index in [1.165, 1.54) is 0 Å². The Morgan fingerprint density at radius 3 is 2.35 bits per heavy atom. The molecule has 0 aliphatic carbocycles. The van der Waals surface area contributed by atoms with Crippen molar-refractivity contribution >= 4 is 11.8 Å². The maximum atomic E-state index is 12.0. The number of nitrogens with one attached hydrogen (secondary N) is 1. The highest BCUT2D eigenvalue weighted by molar-refractivity contribution is 5.81. The van der Waals surface area contributed by atoms with Crippen molar-refractivity contribution in [2.24, 2.45) is 0 Å². The Labute approximate surface area is 121 Å². The molecule has 0 aromatic rings. The molecule has 2 fully saturated rings. The van der Waals surface area contributed by atoms with Gasteiger partial charge in [0, 0.05) is 38.1 Å². The van der Waals surface area contributed by atoms with Gasteiger partial charge in [-0.05, 0) is 40.0 Å². The predicted octanol–water partition coefficient (Wildman–Crippen LogP) is 0.986. The molecule has 0 radical (unpaired) electrons. The van der Waals surface area contributed by atoms with Crippen LogP contribution in [0.5, 0.6) is 0 Å². The van der Waals surface area contributed by atoms with E-state index in [1.807, 2.05) is 20.8 Å². The molecule has 0 aromatic heterocycles. The van der Waals surface area contributed by atoms with E-state index in [4.69, 9.17) is 0 Å². The largest absolute Gasteiger partial charge is 0.353 e. The Morgan fingerprint density at radius 2 is 1.85 bits per heavy atom.